The number of aromatic hydroxyl groups is 1. The van der Waals surface area contributed by atoms with Crippen LogP contribution in [0.4, 0.5) is 0 Å². The number of nitrogens with zero attached hydrogens (tertiary/aromatic N) is 2. The second-order valence-electron chi connectivity index (χ2n) is 7.92. The third-order valence-corrected chi connectivity index (χ3v) is 5.76. The summed E-state index contributed by atoms with van der Waals surface area (Å²) in [7, 11) is 0. The molecule has 2 N–H and O–H groups in total. The van der Waals surface area contributed by atoms with Crippen LogP contribution in [0.15, 0.2) is 53.3 Å². The quantitative estimate of drug-likeness (QED) is 0.337. The maximum atomic E-state index is 13.4. The zero-order valence-electron chi connectivity index (χ0n) is 17.5. The molecule has 0 amide bonds. The van der Waals surface area contributed by atoms with Crippen molar-refractivity contribution in [2.24, 2.45) is 0 Å². The summed E-state index contributed by atoms with van der Waals surface area (Å²) in [6.07, 6.45) is 8.33. The molecule has 0 unspecified atom stereocenters. The van der Waals surface area contributed by atoms with E-state index in [2.05, 4.69) is 16.9 Å². The van der Waals surface area contributed by atoms with Crippen LogP contribution in [0, 0.1) is 0 Å². The summed E-state index contributed by atoms with van der Waals surface area (Å²) in [4.78, 5) is 21.2. The molecule has 0 spiro atoms. The van der Waals surface area contributed by atoms with E-state index in [1.165, 1.54) is 32.1 Å². The first-order chi connectivity index (χ1) is 14.7. The maximum Gasteiger partial charge on any atom is 0.265 e. The second-order valence-corrected chi connectivity index (χ2v) is 7.92. The first-order valence-corrected chi connectivity index (χ1v) is 11.0. The Labute approximate surface area is 176 Å². The molecular formula is C25H29N3O2. The molecule has 0 aliphatic carbocycles. The predicted molar refractivity (Wildman–Crippen MR) is 123 cm³/mol. The molecule has 0 aliphatic heterocycles. The van der Waals surface area contributed by atoms with Crippen LogP contribution in [0.5, 0.6) is 5.75 Å². The van der Waals surface area contributed by atoms with Crippen LogP contribution in [-0.2, 0) is 6.54 Å². The van der Waals surface area contributed by atoms with E-state index >= 15 is 0 Å². The monoisotopic (exact) mass is 403 g/mol. The van der Waals surface area contributed by atoms with E-state index in [-0.39, 0.29) is 16.9 Å². The third kappa shape index (κ3) is 3.97. The number of imidazole rings is 1. The summed E-state index contributed by atoms with van der Waals surface area (Å²) in [6.45, 7) is 2.86. The van der Waals surface area contributed by atoms with Crippen molar-refractivity contribution in [3.8, 4) is 17.1 Å². The number of aromatic nitrogens is 3. The average Bonchev–Trinajstić information content (AvgIpc) is 3.19. The van der Waals surface area contributed by atoms with Gasteiger partial charge in [-0.05, 0) is 30.7 Å². The van der Waals surface area contributed by atoms with E-state index in [9.17, 15) is 9.90 Å². The van der Waals surface area contributed by atoms with Crippen molar-refractivity contribution in [1.29, 1.82) is 0 Å². The Balaban J connectivity index is 1.68. The SMILES string of the molecule is CCCCCCCCCn1c(=O)c(-c2nc3ccccc3[nH]2)c(O)c2ccccc21. The number of unbranched alkanes of at least 4 members (excludes halogenated alkanes) is 6. The van der Waals surface area contributed by atoms with Crippen LogP contribution in [0.2, 0.25) is 0 Å². The van der Waals surface area contributed by atoms with Crippen LogP contribution in [0.25, 0.3) is 33.3 Å². The fourth-order valence-corrected chi connectivity index (χ4v) is 4.12. The summed E-state index contributed by atoms with van der Waals surface area (Å²) in [6, 6.07) is 15.2. The van der Waals surface area contributed by atoms with Crippen LogP contribution in [0.1, 0.15) is 51.9 Å². The Morgan fingerprint density at radius 1 is 0.933 bits per heavy atom. The van der Waals surface area contributed by atoms with Crippen molar-refractivity contribution >= 4 is 21.9 Å². The van der Waals surface area contributed by atoms with E-state index in [0.717, 1.165) is 29.4 Å². The first kappa shape index (κ1) is 20.2. The number of rotatable bonds is 9. The molecule has 5 nitrogen and oxygen atoms in total. The Bertz CT molecular complexity index is 1170. The number of hydrogen-bond acceptors (Lipinski definition) is 3. The highest BCUT2D eigenvalue weighted by atomic mass is 16.3. The van der Waals surface area contributed by atoms with Crippen LogP contribution >= 0.6 is 0 Å². The van der Waals surface area contributed by atoms with Gasteiger partial charge in [-0.25, -0.2) is 4.98 Å². The molecule has 0 saturated carbocycles. The molecule has 2 aromatic heterocycles. The zero-order chi connectivity index (χ0) is 20.9. The van der Waals surface area contributed by atoms with Gasteiger partial charge in [0, 0.05) is 11.9 Å². The van der Waals surface area contributed by atoms with Crippen LogP contribution in [0.3, 0.4) is 0 Å². The van der Waals surface area contributed by atoms with Gasteiger partial charge in [0.2, 0.25) is 0 Å². The minimum Gasteiger partial charge on any atom is -0.506 e. The van der Waals surface area contributed by atoms with Crippen LogP contribution < -0.4 is 5.56 Å². The van der Waals surface area contributed by atoms with Gasteiger partial charge in [0.1, 0.15) is 17.1 Å². The minimum absolute atomic E-state index is 0.00882. The summed E-state index contributed by atoms with van der Waals surface area (Å²) in [5.41, 5.74) is 2.44. The standard InChI is InChI=1S/C25H29N3O2/c1-2-3-4-5-6-7-12-17-28-21-16-11-8-13-18(21)23(29)22(25(28)30)24-26-19-14-9-10-15-20(19)27-24/h8-11,13-16,29H,2-7,12,17H2,1H3,(H,26,27). The number of aryl methyl sites for hydroxylation is 1. The zero-order valence-corrected chi connectivity index (χ0v) is 17.5. The van der Waals surface area contributed by atoms with E-state index in [0.29, 0.717) is 17.8 Å². The largest absolute Gasteiger partial charge is 0.506 e. The summed E-state index contributed by atoms with van der Waals surface area (Å²) in [5.74, 6) is 0.406. The highest BCUT2D eigenvalue weighted by Gasteiger charge is 2.20. The molecule has 4 rings (SSSR count). The van der Waals surface area contributed by atoms with Gasteiger partial charge >= 0.3 is 0 Å². The maximum absolute atomic E-state index is 13.4. The van der Waals surface area contributed by atoms with Gasteiger partial charge in [-0.1, -0.05) is 69.7 Å². The molecule has 0 fully saturated rings. The average molecular weight is 404 g/mol. The molecule has 4 aromatic rings. The molecule has 5 heteroatoms. The number of fused-ring (bicyclic) bond motifs is 2. The van der Waals surface area contributed by atoms with Gasteiger partial charge in [0.15, 0.2) is 0 Å². The molecule has 156 valence electrons. The van der Waals surface area contributed by atoms with E-state index in [4.69, 9.17) is 0 Å². The highest BCUT2D eigenvalue weighted by Crippen LogP contribution is 2.32. The smallest absolute Gasteiger partial charge is 0.265 e. The number of H-pyrrole nitrogens is 1. The van der Waals surface area contributed by atoms with Crippen molar-refractivity contribution < 1.29 is 5.11 Å². The Morgan fingerprint density at radius 2 is 1.63 bits per heavy atom. The molecule has 2 aromatic carbocycles. The Kier molecular flexibility index (Phi) is 6.17. The topological polar surface area (TPSA) is 70.9 Å². The summed E-state index contributed by atoms with van der Waals surface area (Å²) in [5, 5.41) is 11.6. The number of aromatic amines is 1. The van der Waals surface area contributed by atoms with Gasteiger partial charge < -0.3 is 14.7 Å². The van der Waals surface area contributed by atoms with E-state index in [1.54, 1.807) is 4.57 Å². The van der Waals surface area contributed by atoms with Crippen molar-refractivity contribution in [3.63, 3.8) is 0 Å². The number of pyridine rings is 1. The normalized spacial score (nSPS) is 11.5. The molecule has 0 saturated heterocycles. The molecule has 0 radical (unpaired) electrons. The molecule has 0 aliphatic rings. The lowest BCUT2D eigenvalue weighted by Gasteiger charge is -2.14. The molecule has 2 heterocycles. The summed E-state index contributed by atoms with van der Waals surface area (Å²) < 4.78 is 1.80. The molecule has 0 atom stereocenters. The number of nitrogens with one attached hydrogen (secondary N) is 1. The fraction of sp³-hybridized carbons (Fsp3) is 0.360. The summed E-state index contributed by atoms with van der Waals surface area (Å²) >= 11 is 0. The van der Waals surface area contributed by atoms with E-state index in [1.807, 2.05) is 48.5 Å². The number of benzene rings is 2. The molecular weight excluding hydrogens is 374 g/mol. The second kappa shape index (κ2) is 9.16. The van der Waals surface area contributed by atoms with Gasteiger partial charge in [-0.3, -0.25) is 4.79 Å². The fourth-order valence-electron chi connectivity index (χ4n) is 4.12. The lowest BCUT2D eigenvalue weighted by Crippen LogP contribution is -2.23. The molecule has 0 bridgehead atoms. The predicted octanol–water partition coefficient (Wildman–Crippen LogP) is 6.00. The third-order valence-electron chi connectivity index (χ3n) is 5.76. The lowest BCUT2D eigenvalue weighted by atomic mass is 10.1. The first-order valence-electron chi connectivity index (χ1n) is 11.0. The van der Waals surface area contributed by atoms with Crippen molar-refractivity contribution in [1.82, 2.24) is 14.5 Å². The van der Waals surface area contributed by atoms with E-state index < -0.39 is 0 Å². The van der Waals surface area contributed by atoms with Crippen molar-refractivity contribution in [2.45, 2.75) is 58.4 Å². The lowest BCUT2D eigenvalue weighted by molar-refractivity contribution is 0.479. The number of hydrogen-bond donors (Lipinski definition) is 2. The van der Waals surface area contributed by atoms with Gasteiger partial charge in [0.25, 0.3) is 5.56 Å². The van der Waals surface area contributed by atoms with Crippen molar-refractivity contribution in [2.75, 3.05) is 0 Å². The van der Waals surface area contributed by atoms with Crippen molar-refractivity contribution in [3.05, 3.63) is 58.9 Å². The van der Waals surface area contributed by atoms with Crippen LogP contribution in [-0.4, -0.2) is 19.6 Å². The molecule has 30 heavy (non-hydrogen) atoms. The highest BCUT2D eigenvalue weighted by molar-refractivity contribution is 5.92. The van der Waals surface area contributed by atoms with Gasteiger partial charge in [0.05, 0.1) is 16.6 Å². The van der Waals surface area contributed by atoms with Gasteiger partial charge in [-0.2, -0.15) is 0 Å². The van der Waals surface area contributed by atoms with Gasteiger partial charge in [-0.15, -0.1) is 0 Å². The minimum atomic E-state index is -0.198. The number of para-hydroxylation sites is 3. The Hall–Kier alpha value is -3.08. The Morgan fingerprint density at radius 3 is 2.43 bits per heavy atom.